The number of benzene rings is 1. The largest absolute Gasteiger partial charge is 0.496 e. The van der Waals surface area contributed by atoms with Gasteiger partial charge in [-0.25, -0.2) is 14.4 Å². The molecule has 2 aliphatic heterocycles. The van der Waals surface area contributed by atoms with Crippen LogP contribution in [0.1, 0.15) is 52.9 Å². The molecule has 216 valence electrons. The predicted octanol–water partition coefficient (Wildman–Crippen LogP) is 5.40. The van der Waals surface area contributed by atoms with Crippen molar-refractivity contribution in [2.75, 3.05) is 30.6 Å². The average Bonchev–Trinajstić information content (AvgIpc) is 3.57. The zero-order valence-electron chi connectivity index (χ0n) is 23.7. The number of aromatic nitrogens is 4. The van der Waals surface area contributed by atoms with E-state index in [2.05, 4.69) is 15.3 Å². The summed E-state index contributed by atoms with van der Waals surface area (Å²) >= 11 is 6.37. The van der Waals surface area contributed by atoms with Crippen LogP contribution in [0.3, 0.4) is 0 Å². The first-order valence-electron chi connectivity index (χ1n) is 13.4. The molecule has 1 spiro atoms. The summed E-state index contributed by atoms with van der Waals surface area (Å²) in [6, 6.07) is 8.58. The summed E-state index contributed by atoms with van der Waals surface area (Å²) in [4.78, 5) is 43.9. The Morgan fingerprint density at radius 3 is 2.62 bits per heavy atom. The Hall–Kier alpha value is -4.51. The van der Waals surface area contributed by atoms with Crippen LogP contribution in [0.15, 0.2) is 42.7 Å². The number of halogens is 2. The fourth-order valence-electron chi connectivity index (χ4n) is 5.84. The van der Waals surface area contributed by atoms with Crippen LogP contribution in [-0.2, 0) is 10.3 Å². The Balaban J connectivity index is 1.67. The van der Waals surface area contributed by atoms with Crippen molar-refractivity contribution in [3.63, 3.8) is 0 Å². The molecule has 1 aromatic carbocycles. The number of ether oxygens (including phenoxy) is 2. The number of anilines is 2. The second kappa shape index (κ2) is 10.1. The number of imidazole rings is 1. The van der Waals surface area contributed by atoms with Gasteiger partial charge in [0.2, 0.25) is 5.88 Å². The minimum absolute atomic E-state index is 0.112. The second-order valence-corrected chi connectivity index (χ2v) is 10.9. The van der Waals surface area contributed by atoms with E-state index in [1.54, 1.807) is 19.1 Å². The summed E-state index contributed by atoms with van der Waals surface area (Å²) in [6.07, 6.45) is 3.01. The minimum atomic E-state index is -1.60. The van der Waals surface area contributed by atoms with E-state index in [0.29, 0.717) is 50.5 Å². The minimum Gasteiger partial charge on any atom is -0.496 e. The van der Waals surface area contributed by atoms with Crippen LogP contribution < -0.4 is 19.7 Å². The monoisotopic (exact) mass is 590 g/mol. The molecule has 1 atom stereocenters. The van der Waals surface area contributed by atoms with Gasteiger partial charge >= 0.3 is 0 Å². The van der Waals surface area contributed by atoms with Crippen molar-refractivity contribution in [3.05, 3.63) is 76.0 Å². The van der Waals surface area contributed by atoms with E-state index in [1.807, 2.05) is 43.5 Å². The molecular formula is C30H28ClFN6O4. The van der Waals surface area contributed by atoms with Gasteiger partial charge in [0.05, 0.1) is 34.8 Å². The Labute approximate surface area is 246 Å². The summed E-state index contributed by atoms with van der Waals surface area (Å²) in [5.74, 6) is 0.0624. The summed E-state index contributed by atoms with van der Waals surface area (Å²) in [7, 11) is 1.49. The summed E-state index contributed by atoms with van der Waals surface area (Å²) in [5.41, 5.74) is 2.49. The molecule has 12 heteroatoms. The third kappa shape index (κ3) is 3.87. The lowest BCUT2D eigenvalue weighted by Gasteiger charge is -2.36. The summed E-state index contributed by atoms with van der Waals surface area (Å²) in [6.45, 7) is 6.77. The molecule has 10 nitrogen and oxygen atoms in total. The van der Waals surface area contributed by atoms with Crippen molar-refractivity contribution < 1.29 is 23.5 Å². The molecule has 0 fully saturated rings. The molecule has 0 bridgehead atoms. The lowest BCUT2D eigenvalue weighted by molar-refractivity contribution is -0.119. The summed E-state index contributed by atoms with van der Waals surface area (Å²) in [5, 5.41) is 3.34. The Morgan fingerprint density at radius 1 is 1.12 bits per heavy atom. The second-order valence-electron chi connectivity index (χ2n) is 10.5. The highest BCUT2D eigenvalue weighted by atomic mass is 35.5. The van der Waals surface area contributed by atoms with E-state index in [4.69, 9.17) is 26.1 Å². The van der Waals surface area contributed by atoms with Crippen LogP contribution in [0.2, 0.25) is 5.02 Å². The predicted molar refractivity (Wildman–Crippen MR) is 155 cm³/mol. The first-order valence-corrected chi connectivity index (χ1v) is 13.8. The zero-order chi connectivity index (χ0) is 29.9. The van der Waals surface area contributed by atoms with E-state index in [-0.39, 0.29) is 24.2 Å². The molecular weight excluding hydrogens is 563 g/mol. The molecule has 42 heavy (non-hydrogen) atoms. The van der Waals surface area contributed by atoms with E-state index in [1.165, 1.54) is 24.4 Å². The number of rotatable bonds is 7. The molecule has 0 radical (unpaired) electrons. The van der Waals surface area contributed by atoms with Gasteiger partial charge in [-0.05, 0) is 45.4 Å². The van der Waals surface area contributed by atoms with Crippen LogP contribution >= 0.6 is 11.6 Å². The quantitative estimate of drug-likeness (QED) is 0.306. The molecule has 0 saturated heterocycles. The van der Waals surface area contributed by atoms with Gasteiger partial charge in [-0.1, -0.05) is 23.7 Å². The topological polar surface area (TPSA) is 111 Å². The van der Waals surface area contributed by atoms with Crippen LogP contribution in [0, 0.1) is 13.8 Å². The number of hydrogen-bond acceptors (Lipinski definition) is 7. The highest BCUT2D eigenvalue weighted by Gasteiger charge is 2.64. The van der Waals surface area contributed by atoms with Crippen molar-refractivity contribution in [1.29, 1.82) is 0 Å². The van der Waals surface area contributed by atoms with E-state index < -0.39 is 24.0 Å². The Morgan fingerprint density at radius 2 is 1.90 bits per heavy atom. The number of pyridine rings is 2. The number of alkyl halides is 1. The smallest absolute Gasteiger partial charge is 0.280 e. The van der Waals surface area contributed by atoms with Gasteiger partial charge in [-0.15, -0.1) is 0 Å². The number of aryl methyl sites for hydroxylation is 2. The van der Waals surface area contributed by atoms with Gasteiger partial charge in [0.1, 0.15) is 24.9 Å². The van der Waals surface area contributed by atoms with Crippen molar-refractivity contribution in [2.24, 2.45) is 0 Å². The fourth-order valence-corrected chi connectivity index (χ4v) is 6.00. The standard InChI is InChI=1S/C30H28ClFN6O4/c1-15(2)37-26-25(36-27(37)19-14-34-24(42-9-8-32)12-23(19)41-5)28(39)38(22-11-18(31)13-33-17(22)4)30(26)20-7-6-16(3)10-21(20)35-29(30)40/h6-7,10-15H,8-9H2,1-5H3,(H,35,40). The van der Waals surface area contributed by atoms with Gasteiger partial charge in [0.25, 0.3) is 11.8 Å². The highest BCUT2D eigenvalue weighted by Crippen LogP contribution is 2.55. The molecule has 2 aliphatic rings. The molecule has 4 aromatic rings. The summed E-state index contributed by atoms with van der Waals surface area (Å²) < 4.78 is 25.6. The zero-order valence-corrected chi connectivity index (χ0v) is 24.4. The van der Waals surface area contributed by atoms with Gasteiger partial charge in [0, 0.05) is 35.8 Å². The van der Waals surface area contributed by atoms with Crippen molar-refractivity contribution >= 4 is 34.8 Å². The maximum atomic E-state index is 14.5. The molecule has 0 saturated carbocycles. The normalized spacial score (nSPS) is 17.2. The number of fused-ring (bicyclic) bond motifs is 4. The lowest BCUT2D eigenvalue weighted by atomic mass is 9.86. The number of amides is 2. The molecule has 1 N–H and O–H groups in total. The van der Waals surface area contributed by atoms with E-state index >= 15 is 0 Å². The van der Waals surface area contributed by atoms with Crippen LogP contribution in [0.4, 0.5) is 15.8 Å². The number of methoxy groups -OCH3 is 1. The van der Waals surface area contributed by atoms with Crippen molar-refractivity contribution in [3.8, 4) is 23.0 Å². The van der Waals surface area contributed by atoms with E-state index in [9.17, 15) is 14.0 Å². The molecule has 6 rings (SSSR count). The SMILES string of the molecule is COc1cc(OCCF)ncc1-c1nc2c(n1C(C)C)C1(C(=O)Nc3cc(C)ccc31)N(c1cc(Cl)cnc1C)C2=O. The third-order valence-electron chi connectivity index (χ3n) is 7.55. The number of nitrogens with zero attached hydrogens (tertiary/aromatic N) is 5. The van der Waals surface area contributed by atoms with Gasteiger partial charge in [-0.2, -0.15) is 0 Å². The molecule has 2 amide bonds. The van der Waals surface area contributed by atoms with Gasteiger partial charge in [-0.3, -0.25) is 19.5 Å². The van der Waals surface area contributed by atoms with Gasteiger partial charge in [0.15, 0.2) is 11.2 Å². The van der Waals surface area contributed by atoms with Crippen LogP contribution in [0.5, 0.6) is 11.6 Å². The lowest BCUT2D eigenvalue weighted by Crippen LogP contribution is -2.51. The molecule has 5 heterocycles. The maximum absolute atomic E-state index is 14.5. The Bertz CT molecular complexity index is 1770. The van der Waals surface area contributed by atoms with Crippen molar-refractivity contribution in [2.45, 2.75) is 39.3 Å². The van der Waals surface area contributed by atoms with Crippen molar-refractivity contribution in [1.82, 2.24) is 19.5 Å². The van der Waals surface area contributed by atoms with Crippen LogP contribution in [-0.4, -0.2) is 51.7 Å². The highest BCUT2D eigenvalue weighted by molar-refractivity contribution is 6.31. The first-order chi connectivity index (χ1) is 20.1. The number of carbonyl (C=O) groups excluding carboxylic acids is 2. The Kier molecular flexibility index (Phi) is 6.64. The third-order valence-corrected chi connectivity index (χ3v) is 7.76. The molecule has 3 aromatic heterocycles. The van der Waals surface area contributed by atoms with E-state index in [0.717, 1.165) is 5.56 Å². The average molecular weight is 591 g/mol. The molecule has 1 unspecified atom stereocenters. The number of hydrogen-bond donors (Lipinski definition) is 1. The van der Waals surface area contributed by atoms with Gasteiger partial charge < -0.3 is 19.4 Å². The maximum Gasteiger partial charge on any atom is 0.280 e. The first kappa shape index (κ1) is 27.6. The number of nitrogens with one attached hydrogen (secondary N) is 1. The number of carbonyl (C=O) groups is 2. The fraction of sp³-hybridized carbons (Fsp3) is 0.300. The van der Waals surface area contributed by atoms with Crippen LogP contribution in [0.25, 0.3) is 11.4 Å². The molecule has 0 aliphatic carbocycles.